The van der Waals surface area contributed by atoms with Crippen molar-refractivity contribution < 1.29 is 19.7 Å². The molecule has 1 aliphatic heterocycles. The maximum Gasteiger partial charge on any atom is 0.177 e. The second kappa shape index (κ2) is 41.0. The minimum Gasteiger partial charge on any atom is -0.504 e. The summed E-state index contributed by atoms with van der Waals surface area (Å²) in [5.74, 6) is 3.40. The summed E-state index contributed by atoms with van der Waals surface area (Å²) in [7, 11) is 0. The summed E-state index contributed by atoms with van der Waals surface area (Å²) in [5.41, 5.74) is 7.51. The van der Waals surface area contributed by atoms with Crippen LogP contribution in [0.5, 0.6) is 34.5 Å². The van der Waals surface area contributed by atoms with E-state index >= 15 is 0 Å². The summed E-state index contributed by atoms with van der Waals surface area (Å²) in [5, 5.41) is 24.2. The Morgan fingerprint density at radius 3 is 0.571 bits per heavy atom. The molecule has 2 aromatic rings. The van der Waals surface area contributed by atoms with Crippen molar-refractivity contribution in [3.63, 3.8) is 0 Å². The Morgan fingerprint density at radius 1 is 0.200 bits per heavy atom. The molecule has 0 aliphatic carbocycles. The van der Waals surface area contributed by atoms with Gasteiger partial charge in [-0.25, -0.2) is 0 Å². The lowest BCUT2D eigenvalue weighted by atomic mass is 9.83. The molecule has 2 N–H and O–H groups in total. The first-order valence-electron chi connectivity index (χ1n) is 31.6. The van der Waals surface area contributed by atoms with Crippen molar-refractivity contribution in [1.29, 1.82) is 0 Å². The van der Waals surface area contributed by atoms with E-state index in [1.807, 2.05) is 0 Å². The number of rotatable bonds is 48. The molecule has 0 amide bonds. The minimum atomic E-state index is 0.0329. The molecule has 1 heterocycles. The standard InChI is InChI=1S/C66H116O4/c1-7-13-19-25-31-37-43-49-55-56(50-44-38-32-26-20-14-8-2)58(52-46-40-34-28-22-16-10-4)64-63(57(55)51-45-39-33-27-21-15-9-3)69-65-59(53-47-41-35-29-23-17-11-5)61(67)62(68)60(66(65)70-64)54-48-42-36-30-24-18-12-6/h67-68H,7-54H2,1-6H3. The highest BCUT2D eigenvalue weighted by atomic mass is 16.6. The molecule has 0 fully saturated rings. The van der Waals surface area contributed by atoms with Crippen LogP contribution in [0.1, 0.15) is 345 Å². The van der Waals surface area contributed by atoms with E-state index in [0.29, 0.717) is 24.3 Å². The van der Waals surface area contributed by atoms with Gasteiger partial charge in [0.1, 0.15) is 0 Å². The Bertz CT molecular complexity index is 1480. The summed E-state index contributed by atoms with van der Waals surface area (Å²) in [6.45, 7) is 13.8. The number of aromatic hydroxyl groups is 2. The van der Waals surface area contributed by atoms with Gasteiger partial charge >= 0.3 is 0 Å². The number of hydrogen-bond acceptors (Lipinski definition) is 4. The van der Waals surface area contributed by atoms with Crippen LogP contribution in [-0.2, 0) is 38.5 Å². The zero-order chi connectivity index (χ0) is 50.3. The average Bonchev–Trinajstić information content (AvgIpc) is 3.36. The third-order valence-corrected chi connectivity index (χ3v) is 16.0. The van der Waals surface area contributed by atoms with Crippen LogP contribution in [0.2, 0.25) is 0 Å². The van der Waals surface area contributed by atoms with Crippen molar-refractivity contribution in [3.05, 3.63) is 33.4 Å². The lowest BCUT2D eigenvalue weighted by molar-refractivity contribution is 0.327. The van der Waals surface area contributed by atoms with Gasteiger partial charge in [-0.15, -0.1) is 0 Å². The van der Waals surface area contributed by atoms with Crippen molar-refractivity contribution in [2.75, 3.05) is 0 Å². The predicted octanol–water partition coefficient (Wildman–Crippen LogP) is 22.8. The lowest BCUT2D eigenvalue weighted by Crippen LogP contribution is -2.15. The Labute approximate surface area is 435 Å². The van der Waals surface area contributed by atoms with Gasteiger partial charge in [0.05, 0.1) is 0 Å². The highest BCUT2D eigenvalue weighted by Gasteiger charge is 2.35. The van der Waals surface area contributed by atoms with Crippen molar-refractivity contribution in [2.45, 2.75) is 350 Å². The number of ether oxygens (including phenoxy) is 2. The maximum atomic E-state index is 12.1. The predicted molar refractivity (Wildman–Crippen MR) is 307 cm³/mol. The van der Waals surface area contributed by atoms with Crippen LogP contribution in [-0.4, -0.2) is 10.2 Å². The topological polar surface area (TPSA) is 58.9 Å². The highest BCUT2D eigenvalue weighted by Crippen LogP contribution is 2.59. The number of fused-ring (bicyclic) bond motifs is 2. The number of benzene rings is 2. The molecule has 70 heavy (non-hydrogen) atoms. The summed E-state index contributed by atoms with van der Waals surface area (Å²) in [6.07, 6.45) is 58.9. The largest absolute Gasteiger partial charge is 0.504 e. The molecule has 0 saturated carbocycles. The van der Waals surface area contributed by atoms with Gasteiger partial charge in [-0.1, -0.05) is 273 Å². The van der Waals surface area contributed by atoms with Gasteiger partial charge in [0.2, 0.25) is 0 Å². The summed E-state index contributed by atoms with van der Waals surface area (Å²) in [6, 6.07) is 0. The second-order valence-corrected chi connectivity index (χ2v) is 22.3. The Kier molecular flexibility index (Phi) is 36.3. The van der Waals surface area contributed by atoms with Crippen LogP contribution in [0.25, 0.3) is 0 Å². The molecule has 0 saturated heterocycles. The molecular weight excluding hydrogens is 857 g/mol. The van der Waals surface area contributed by atoms with E-state index in [1.165, 1.54) is 255 Å². The fourth-order valence-electron chi connectivity index (χ4n) is 11.5. The van der Waals surface area contributed by atoms with Gasteiger partial charge in [-0.05, 0) is 88.2 Å². The third kappa shape index (κ3) is 23.7. The Hall–Kier alpha value is -2.36. The van der Waals surface area contributed by atoms with E-state index in [4.69, 9.17) is 9.47 Å². The molecule has 0 unspecified atom stereocenters. The van der Waals surface area contributed by atoms with Crippen molar-refractivity contribution in [1.82, 2.24) is 0 Å². The molecule has 0 radical (unpaired) electrons. The number of phenolic OH excluding ortho intramolecular Hbond substituents is 2. The van der Waals surface area contributed by atoms with Crippen LogP contribution in [0, 0.1) is 0 Å². The molecule has 0 atom stereocenters. The van der Waals surface area contributed by atoms with Gasteiger partial charge < -0.3 is 19.7 Å². The normalized spacial score (nSPS) is 12.1. The van der Waals surface area contributed by atoms with Gasteiger partial charge in [0, 0.05) is 22.3 Å². The Morgan fingerprint density at radius 2 is 0.357 bits per heavy atom. The van der Waals surface area contributed by atoms with Crippen LogP contribution in [0.15, 0.2) is 0 Å². The number of phenols is 2. The van der Waals surface area contributed by atoms with Gasteiger partial charge in [-0.2, -0.15) is 0 Å². The van der Waals surface area contributed by atoms with Crippen molar-refractivity contribution in [3.8, 4) is 34.5 Å². The first-order valence-corrected chi connectivity index (χ1v) is 31.6. The lowest BCUT2D eigenvalue weighted by Gasteiger charge is -2.32. The Balaban J connectivity index is 2.22. The molecule has 0 spiro atoms. The molecule has 1 aliphatic rings. The maximum absolute atomic E-state index is 12.1. The van der Waals surface area contributed by atoms with E-state index in [0.717, 1.165) is 74.0 Å². The fraction of sp³-hybridized carbons (Fsp3) is 0.818. The molecule has 4 nitrogen and oxygen atoms in total. The first kappa shape index (κ1) is 61.9. The molecule has 404 valence electrons. The van der Waals surface area contributed by atoms with E-state index in [1.54, 1.807) is 11.1 Å². The number of unbranched alkanes of at least 4 members (excludes halogenated alkanes) is 36. The molecule has 0 bridgehead atoms. The van der Waals surface area contributed by atoms with Crippen LogP contribution >= 0.6 is 0 Å². The highest BCUT2D eigenvalue weighted by molar-refractivity contribution is 5.72. The molecule has 0 aromatic heterocycles. The first-order chi connectivity index (χ1) is 34.5. The quantitative estimate of drug-likeness (QED) is 0.0437. The fourth-order valence-corrected chi connectivity index (χ4v) is 11.5. The van der Waals surface area contributed by atoms with Crippen molar-refractivity contribution >= 4 is 0 Å². The molecule has 2 aromatic carbocycles. The zero-order valence-electron chi connectivity index (χ0n) is 47.7. The van der Waals surface area contributed by atoms with Gasteiger partial charge in [0.25, 0.3) is 0 Å². The van der Waals surface area contributed by atoms with E-state index in [2.05, 4.69) is 41.5 Å². The van der Waals surface area contributed by atoms with Crippen molar-refractivity contribution in [2.24, 2.45) is 0 Å². The molecule has 4 heteroatoms. The van der Waals surface area contributed by atoms with E-state index < -0.39 is 0 Å². The summed E-state index contributed by atoms with van der Waals surface area (Å²) in [4.78, 5) is 0. The number of hydrogen-bond donors (Lipinski definition) is 2. The second-order valence-electron chi connectivity index (χ2n) is 22.3. The minimum absolute atomic E-state index is 0.0329. The van der Waals surface area contributed by atoms with Gasteiger partial charge in [0.15, 0.2) is 34.5 Å². The summed E-state index contributed by atoms with van der Waals surface area (Å²) < 4.78 is 15.1. The van der Waals surface area contributed by atoms with E-state index in [-0.39, 0.29) is 11.5 Å². The summed E-state index contributed by atoms with van der Waals surface area (Å²) >= 11 is 0. The monoisotopic (exact) mass is 973 g/mol. The third-order valence-electron chi connectivity index (χ3n) is 16.0. The molecular formula is C66H116O4. The smallest absolute Gasteiger partial charge is 0.177 e. The average molecular weight is 974 g/mol. The van der Waals surface area contributed by atoms with Crippen LogP contribution in [0.4, 0.5) is 0 Å². The SMILES string of the molecule is CCCCCCCCCc1c(CCCCCCCCC)c(CCCCCCCCC)c2c(c1CCCCCCCCC)Oc1c(CCCCCCCCC)c(O)c(O)c(CCCCCCCCC)c1O2. The van der Waals surface area contributed by atoms with Gasteiger partial charge in [-0.3, -0.25) is 0 Å². The zero-order valence-corrected chi connectivity index (χ0v) is 47.7. The van der Waals surface area contributed by atoms with Crippen LogP contribution in [0.3, 0.4) is 0 Å². The molecule has 3 rings (SSSR count). The van der Waals surface area contributed by atoms with Crippen LogP contribution < -0.4 is 9.47 Å². The van der Waals surface area contributed by atoms with E-state index in [9.17, 15) is 10.2 Å².